The molecule has 2 heterocycles. The van der Waals surface area contributed by atoms with Crippen molar-refractivity contribution < 1.29 is 4.79 Å². The van der Waals surface area contributed by atoms with E-state index in [1.54, 1.807) is 7.05 Å². The summed E-state index contributed by atoms with van der Waals surface area (Å²) < 4.78 is 1.48. The van der Waals surface area contributed by atoms with Gasteiger partial charge in [0.25, 0.3) is 0 Å². The molecule has 1 N–H and O–H groups in total. The Labute approximate surface area is 126 Å². The minimum absolute atomic E-state index is 0.127. The molecule has 21 heavy (non-hydrogen) atoms. The molecule has 3 rings (SSSR count). The van der Waals surface area contributed by atoms with Gasteiger partial charge in [-0.05, 0) is 23.3 Å². The average Bonchev–Trinajstić information content (AvgIpc) is 3.10. The van der Waals surface area contributed by atoms with Crippen molar-refractivity contribution in [1.82, 2.24) is 30.4 Å². The fourth-order valence-corrected chi connectivity index (χ4v) is 3.43. The first kappa shape index (κ1) is 14.1. The normalized spacial score (nSPS) is 16.0. The number of carbonyl (C=O) groups is 1. The number of anilines is 1. The molecule has 112 valence electrons. The van der Waals surface area contributed by atoms with E-state index >= 15 is 0 Å². The summed E-state index contributed by atoms with van der Waals surface area (Å²) in [6.45, 7) is 0. The maximum atomic E-state index is 11.9. The SMILES string of the molecule is Cn1nnnc1CC(=O)Nc1nnc(C2CCCCC2)s1. The first-order valence-corrected chi connectivity index (χ1v) is 7.88. The van der Waals surface area contributed by atoms with Gasteiger partial charge in [-0.2, -0.15) is 0 Å². The van der Waals surface area contributed by atoms with Crippen LogP contribution in [0.2, 0.25) is 0 Å². The molecule has 1 saturated carbocycles. The summed E-state index contributed by atoms with van der Waals surface area (Å²) in [6.07, 6.45) is 6.29. The van der Waals surface area contributed by atoms with E-state index in [9.17, 15) is 4.79 Å². The lowest BCUT2D eigenvalue weighted by Gasteiger charge is -2.18. The van der Waals surface area contributed by atoms with Gasteiger partial charge in [-0.3, -0.25) is 4.79 Å². The molecule has 0 spiro atoms. The predicted octanol–water partition coefficient (Wildman–Crippen LogP) is 1.29. The number of nitrogens with one attached hydrogen (secondary N) is 1. The number of hydrogen-bond acceptors (Lipinski definition) is 7. The number of aromatic nitrogens is 6. The van der Waals surface area contributed by atoms with E-state index in [1.807, 2.05) is 0 Å². The molecule has 0 aliphatic heterocycles. The van der Waals surface area contributed by atoms with Gasteiger partial charge in [0.2, 0.25) is 11.0 Å². The largest absolute Gasteiger partial charge is 0.300 e. The van der Waals surface area contributed by atoms with Crippen molar-refractivity contribution in [2.75, 3.05) is 5.32 Å². The molecule has 0 bridgehead atoms. The summed E-state index contributed by atoms with van der Waals surface area (Å²) in [5, 5.41) is 23.6. The van der Waals surface area contributed by atoms with Crippen LogP contribution in [0.5, 0.6) is 0 Å². The summed E-state index contributed by atoms with van der Waals surface area (Å²) in [5.74, 6) is 0.841. The molecule has 2 aromatic heterocycles. The van der Waals surface area contributed by atoms with Crippen LogP contribution < -0.4 is 5.32 Å². The van der Waals surface area contributed by atoms with Crippen LogP contribution in [0, 0.1) is 0 Å². The standard InChI is InChI=1S/C12H17N7OS/c1-19-9(14-17-18-19)7-10(20)13-12-16-15-11(21-12)8-5-3-2-4-6-8/h8H,2-7H2,1H3,(H,13,16,20). The number of carbonyl (C=O) groups excluding carboxylic acids is 1. The first-order valence-electron chi connectivity index (χ1n) is 7.07. The molecule has 0 saturated heterocycles. The number of amides is 1. The first-order chi connectivity index (χ1) is 10.2. The number of tetrazole rings is 1. The Bertz CT molecular complexity index is 617. The Hall–Kier alpha value is -1.90. The maximum absolute atomic E-state index is 11.9. The lowest BCUT2D eigenvalue weighted by molar-refractivity contribution is -0.115. The number of aryl methyl sites for hydroxylation is 1. The lowest BCUT2D eigenvalue weighted by atomic mass is 9.90. The molecule has 0 radical (unpaired) electrons. The highest BCUT2D eigenvalue weighted by atomic mass is 32.1. The summed E-state index contributed by atoms with van der Waals surface area (Å²) in [4.78, 5) is 11.9. The van der Waals surface area contributed by atoms with Gasteiger partial charge in [0.05, 0.1) is 6.42 Å². The van der Waals surface area contributed by atoms with E-state index in [-0.39, 0.29) is 12.3 Å². The highest BCUT2D eigenvalue weighted by molar-refractivity contribution is 7.15. The highest BCUT2D eigenvalue weighted by Crippen LogP contribution is 2.35. The van der Waals surface area contributed by atoms with Gasteiger partial charge in [0.15, 0.2) is 5.82 Å². The van der Waals surface area contributed by atoms with Crippen molar-refractivity contribution in [3.8, 4) is 0 Å². The fraction of sp³-hybridized carbons (Fsp3) is 0.667. The molecule has 1 aliphatic carbocycles. The molecule has 1 amide bonds. The van der Waals surface area contributed by atoms with E-state index < -0.39 is 0 Å². The van der Waals surface area contributed by atoms with Crippen molar-refractivity contribution in [3.05, 3.63) is 10.8 Å². The van der Waals surface area contributed by atoms with Gasteiger partial charge >= 0.3 is 0 Å². The van der Waals surface area contributed by atoms with Gasteiger partial charge in [0.1, 0.15) is 5.01 Å². The van der Waals surface area contributed by atoms with Crippen LogP contribution in [0.1, 0.15) is 48.9 Å². The molecular formula is C12H17N7OS. The second kappa shape index (κ2) is 6.25. The third-order valence-electron chi connectivity index (χ3n) is 3.67. The second-order valence-corrected chi connectivity index (χ2v) is 6.23. The van der Waals surface area contributed by atoms with Crippen molar-refractivity contribution in [1.29, 1.82) is 0 Å². The summed E-state index contributed by atoms with van der Waals surface area (Å²) in [6, 6.07) is 0. The predicted molar refractivity (Wildman–Crippen MR) is 76.9 cm³/mol. The van der Waals surface area contributed by atoms with E-state index in [0.717, 1.165) is 5.01 Å². The van der Waals surface area contributed by atoms with Crippen molar-refractivity contribution >= 4 is 22.4 Å². The number of rotatable bonds is 4. The average molecular weight is 307 g/mol. The Morgan fingerprint density at radius 1 is 1.29 bits per heavy atom. The van der Waals surface area contributed by atoms with Gasteiger partial charge in [0, 0.05) is 13.0 Å². The molecule has 8 nitrogen and oxygen atoms in total. The van der Waals surface area contributed by atoms with Crippen LogP contribution in [0.25, 0.3) is 0 Å². The minimum atomic E-state index is -0.181. The Balaban J connectivity index is 1.59. The topological polar surface area (TPSA) is 98.5 Å². The van der Waals surface area contributed by atoms with Crippen molar-refractivity contribution in [3.63, 3.8) is 0 Å². The lowest BCUT2D eigenvalue weighted by Crippen LogP contribution is -2.17. The Morgan fingerprint density at radius 2 is 2.10 bits per heavy atom. The van der Waals surface area contributed by atoms with Gasteiger partial charge in [-0.15, -0.1) is 15.3 Å². The van der Waals surface area contributed by atoms with Crippen LogP contribution in [0.3, 0.4) is 0 Å². The molecule has 1 fully saturated rings. The molecule has 0 atom stereocenters. The minimum Gasteiger partial charge on any atom is -0.300 e. The fourth-order valence-electron chi connectivity index (χ4n) is 2.50. The van der Waals surface area contributed by atoms with Gasteiger partial charge in [-0.25, -0.2) is 4.68 Å². The van der Waals surface area contributed by atoms with Crippen LogP contribution >= 0.6 is 11.3 Å². The van der Waals surface area contributed by atoms with E-state index in [2.05, 4.69) is 31.0 Å². The van der Waals surface area contributed by atoms with Crippen LogP contribution in [0.4, 0.5) is 5.13 Å². The summed E-state index contributed by atoms with van der Waals surface area (Å²) in [5.41, 5.74) is 0. The number of nitrogens with zero attached hydrogens (tertiary/aromatic N) is 6. The summed E-state index contributed by atoms with van der Waals surface area (Å²) in [7, 11) is 1.70. The van der Waals surface area contributed by atoms with Crippen LogP contribution in [-0.4, -0.2) is 36.3 Å². The van der Waals surface area contributed by atoms with Crippen LogP contribution in [-0.2, 0) is 18.3 Å². The molecule has 2 aromatic rings. The third kappa shape index (κ3) is 3.41. The quantitative estimate of drug-likeness (QED) is 0.914. The van der Waals surface area contributed by atoms with E-state index in [0.29, 0.717) is 16.9 Å². The maximum Gasteiger partial charge on any atom is 0.233 e. The van der Waals surface area contributed by atoms with Crippen molar-refractivity contribution in [2.45, 2.75) is 44.4 Å². The smallest absolute Gasteiger partial charge is 0.233 e. The zero-order chi connectivity index (χ0) is 14.7. The second-order valence-electron chi connectivity index (χ2n) is 5.22. The molecule has 9 heteroatoms. The van der Waals surface area contributed by atoms with Gasteiger partial charge < -0.3 is 5.32 Å². The van der Waals surface area contributed by atoms with E-state index in [1.165, 1.54) is 48.1 Å². The number of hydrogen-bond donors (Lipinski definition) is 1. The zero-order valence-corrected chi connectivity index (χ0v) is 12.6. The highest BCUT2D eigenvalue weighted by Gasteiger charge is 2.20. The molecular weight excluding hydrogens is 290 g/mol. The van der Waals surface area contributed by atoms with Crippen LogP contribution in [0.15, 0.2) is 0 Å². The Kier molecular flexibility index (Phi) is 4.18. The molecule has 0 aromatic carbocycles. The molecule has 1 aliphatic rings. The van der Waals surface area contributed by atoms with Gasteiger partial charge in [-0.1, -0.05) is 30.6 Å². The monoisotopic (exact) mass is 307 g/mol. The molecule has 0 unspecified atom stereocenters. The third-order valence-corrected chi connectivity index (χ3v) is 4.67. The zero-order valence-electron chi connectivity index (χ0n) is 11.8. The Morgan fingerprint density at radius 3 is 2.81 bits per heavy atom. The summed E-state index contributed by atoms with van der Waals surface area (Å²) >= 11 is 1.47. The van der Waals surface area contributed by atoms with E-state index in [4.69, 9.17) is 0 Å². The van der Waals surface area contributed by atoms with Crippen molar-refractivity contribution in [2.24, 2.45) is 7.05 Å².